The maximum atomic E-state index is 12.3. The Kier molecular flexibility index (Phi) is 3.91. The Hall–Kier alpha value is -0.980. The number of carbonyl (C=O) groups excluding carboxylic acids is 2. The Labute approximate surface area is 165 Å². The summed E-state index contributed by atoms with van der Waals surface area (Å²) < 4.78 is 4.46. The van der Waals surface area contributed by atoms with Crippen molar-refractivity contribution in [2.45, 2.75) is 15.3 Å². The van der Waals surface area contributed by atoms with Crippen LogP contribution in [0.4, 0.5) is 4.79 Å². The molecule has 2 atom stereocenters. The van der Waals surface area contributed by atoms with E-state index < -0.39 is 21.4 Å². The molecule has 5 rings (SSSR count). The van der Waals surface area contributed by atoms with Crippen molar-refractivity contribution < 1.29 is 9.59 Å². The van der Waals surface area contributed by atoms with Gasteiger partial charge in [-0.2, -0.15) is 0 Å². The molecule has 25 heavy (non-hydrogen) atoms. The van der Waals surface area contributed by atoms with E-state index in [2.05, 4.69) is 63.7 Å². The molecule has 4 bridgehead atoms. The number of allylic oxidation sites excluding steroid dienone is 1. The van der Waals surface area contributed by atoms with Gasteiger partial charge in [0.25, 0.3) is 0 Å². The molecule has 3 nitrogen and oxygen atoms in total. The van der Waals surface area contributed by atoms with Crippen LogP contribution in [0.1, 0.15) is 20.4 Å². The molecule has 0 spiro atoms. The molecule has 2 unspecified atom stereocenters. The Bertz CT molecular complexity index is 974. The Balaban J connectivity index is 1.54. The minimum absolute atomic E-state index is 0.0998. The minimum atomic E-state index is -2.38. The van der Waals surface area contributed by atoms with Gasteiger partial charge in [0.15, 0.2) is 0 Å². The molecule has 1 saturated heterocycles. The van der Waals surface area contributed by atoms with Gasteiger partial charge in [-0.1, -0.05) is 0 Å². The number of benzene rings is 2. The maximum absolute atomic E-state index is 12.3. The van der Waals surface area contributed by atoms with Gasteiger partial charge >= 0.3 is 167 Å². The van der Waals surface area contributed by atoms with Crippen LogP contribution >= 0.6 is 27.7 Å². The van der Waals surface area contributed by atoms with Crippen LogP contribution in [-0.4, -0.2) is 37.8 Å². The van der Waals surface area contributed by atoms with Gasteiger partial charge in [-0.3, -0.25) is 0 Å². The van der Waals surface area contributed by atoms with E-state index in [4.69, 9.17) is 0 Å². The molecule has 122 valence electrons. The topological polar surface area (TPSA) is 46.2 Å². The normalized spacial score (nSPS) is 23.2. The zero-order valence-corrected chi connectivity index (χ0v) is 18.9. The summed E-state index contributed by atoms with van der Waals surface area (Å²) in [5.41, 5.74) is 3.95. The number of nitrogens with one attached hydrogen (secondary N) is 1. The van der Waals surface area contributed by atoms with Crippen LogP contribution in [0.3, 0.4) is 0 Å². The van der Waals surface area contributed by atoms with E-state index in [0.717, 1.165) is 10.9 Å². The molecule has 0 radical (unpaired) electrons. The summed E-state index contributed by atoms with van der Waals surface area (Å²) >= 11 is 2.47. The van der Waals surface area contributed by atoms with Gasteiger partial charge < -0.3 is 0 Å². The van der Waals surface area contributed by atoms with Gasteiger partial charge in [-0.05, 0) is 0 Å². The summed E-state index contributed by atoms with van der Waals surface area (Å²) in [4.78, 5) is 24.1. The quantitative estimate of drug-likeness (QED) is 0.685. The monoisotopic (exact) mass is 513 g/mol. The number of amides is 2. The number of hydrogen-bond donors (Lipinski definition) is 1. The summed E-state index contributed by atoms with van der Waals surface area (Å²) in [6.07, 6.45) is 3.32. The number of hydrogen-bond acceptors (Lipinski definition) is 3. The van der Waals surface area contributed by atoms with Gasteiger partial charge in [0.05, 0.1) is 0 Å². The molecule has 6 heteroatoms. The van der Waals surface area contributed by atoms with Gasteiger partial charge in [0, 0.05) is 0 Å². The number of carbonyl (C=O) groups is 2. The van der Waals surface area contributed by atoms with Crippen LogP contribution in [0.2, 0.25) is 0 Å². The molecule has 2 amide bonds. The Morgan fingerprint density at radius 2 is 1.96 bits per heavy atom. The standard InChI is InChI=1S/C19H13BrNO2S.In/c20-16-11-4-3-7-14(16)10-5-9-13-6-1-2-8-15(13)12-17-18(22)21-19(23)24-17;/h1-4,7-9,11-12,17H,10H2,(H,21,22,23);. The average molecular weight is 514 g/mol. The fourth-order valence-corrected chi connectivity index (χ4v) is 19.1. The first-order chi connectivity index (χ1) is 12.1. The van der Waals surface area contributed by atoms with E-state index in [1.807, 2.05) is 6.07 Å². The first-order valence-corrected chi connectivity index (χ1v) is 15.1. The van der Waals surface area contributed by atoms with Crippen LogP contribution in [0.25, 0.3) is 6.08 Å². The number of imide groups is 1. The van der Waals surface area contributed by atoms with Crippen molar-refractivity contribution in [1.29, 1.82) is 0 Å². The van der Waals surface area contributed by atoms with E-state index >= 15 is 0 Å². The predicted octanol–water partition coefficient (Wildman–Crippen LogP) is 3.32. The number of rotatable bonds is 3. The van der Waals surface area contributed by atoms with E-state index in [9.17, 15) is 9.59 Å². The third-order valence-corrected chi connectivity index (χ3v) is 18.9. The summed E-state index contributed by atoms with van der Waals surface area (Å²) in [5, 5.41) is 2.05. The van der Waals surface area contributed by atoms with Crippen molar-refractivity contribution in [3.8, 4) is 0 Å². The zero-order valence-electron chi connectivity index (χ0n) is 13.2. The third-order valence-electron chi connectivity index (χ3n) is 5.35. The van der Waals surface area contributed by atoms with Crippen LogP contribution in [0.15, 0.2) is 50.3 Å². The van der Waals surface area contributed by atoms with Crippen molar-refractivity contribution in [2.24, 2.45) is 0 Å². The Morgan fingerprint density at radius 3 is 2.68 bits per heavy atom. The first-order valence-electron chi connectivity index (χ1n) is 8.21. The first kappa shape index (κ1) is 16.2. The molecule has 0 aromatic heterocycles. The SMILES string of the molecule is O=C1NC(=O)C([CH]2c3ccc[c]4c3C=[C](Cc3ccccc3Br)[In]42)S1. The molecule has 3 aliphatic rings. The molecule has 2 aromatic rings. The molecule has 2 aromatic carbocycles. The molecular weight excluding hydrogens is 501 g/mol. The molecule has 0 saturated carbocycles. The molecule has 0 aliphatic carbocycles. The van der Waals surface area contributed by atoms with Crippen LogP contribution < -0.4 is 8.64 Å². The van der Waals surface area contributed by atoms with Gasteiger partial charge in [-0.15, -0.1) is 0 Å². The fraction of sp³-hybridized carbons (Fsp3) is 0.158. The van der Waals surface area contributed by atoms with Crippen molar-refractivity contribution in [2.75, 3.05) is 0 Å². The van der Waals surface area contributed by atoms with Crippen molar-refractivity contribution >= 4 is 69.7 Å². The summed E-state index contributed by atoms with van der Waals surface area (Å²) in [6, 6.07) is 14.9. The van der Waals surface area contributed by atoms with Crippen LogP contribution in [0.5, 0.6) is 0 Å². The second-order valence-corrected chi connectivity index (χ2v) is 17.3. The van der Waals surface area contributed by atoms with E-state index in [1.165, 1.54) is 31.8 Å². The molecule has 1 N–H and O–H groups in total. The summed E-state index contributed by atoms with van der Waals surface area (Å²) in [7, 11) is 0. The van der Waals surface area contributed by atoms with Gasteiger partial charge in [0.2, 0.25) is 0 Å². The predicted molar refractivity (Wildman–Crippen MR) is 105 cm³/mol. The van der Waals surface area contributed by atoms with E-state index in [0.29, 0.717) is 0 Å². The zero-order chi connectivity index (χ0) is 17.1. The van der Waals surface area contributed by atoms with Crippen molar-refractivity contribution in [3.05, 3.63) is 67.0 Å². The summed E-state index contributed by atoms with van der Waals surface area (Å²) in [6.45, 7) is 0. The second-order valence-electron chi connectivity index (χ2n) is 6.66. The fourth-order valence-electron chi connectivity index (χ4n) is 4.38. The van der Waals surface area contributed by atoms with Crippen LogP contribution in [0, 0.1) is 0 Å². The number of thioether (sulfide) groups is 1. The average Bonchev–Trinajstić information content (AvgIpc) is 3.15. The van der Waals surface area contributed by atoms with Gasteiger partial charge in [0.1, 0.15) is 0 Å². The third kappa shape index (κ3) is 2.48. The molecular formula is C19H13BrInNO2S. The van der Waals surface area contributed by atoms with Crippen molar-refractivity contribution in [3.63, 3.8) is 0 Å². The van der Waals surface area contributed by atoms with Crippen molar-refractivity contribution in [1.82, 2.24) is 5.32 Å². The van der Waals surface area contributed by atoms with Gasteiger partial charge in [-0.25, -0.2) is 0 Å². The molecule has 3 aliphatic heterocycles. The Morgan fingerprint density at radius 1 is 1.12 bits per heavy atom. The van der Waals surface area contributed by atoms with E-state index in [1.54, 1.807) is 3.33 Å². The second kappa shape index (κ2) is 6.03. The molecule has 3 heterocycles. The van der Waals surface area contributed by atoms with E-state index in [-0.39, 0.29) is 20.1 Å². The summed E-state index contributed by atoms with van der Waals surface area (Å²) in [5.74, 6) is -0.0998. The number of halogens is 1. The van der Waals surface area contributed by atoms with Crippen LogP contribution in [-0.2, 0) is 11.2 Å². The molecule has 1 fully saturated rings.